The first-order valence-corrected chi connectivity index (χ1v) is 4.66. The number of Topliss-reactive ketones (excluding diaryl/α,β-unsaturated/α-hetero) is 1. The van der Waals surface area contributed by atoms with Gasteiger partial charge in [-0.2, -0.15) is 0 Å². The van der Waals surface area contributed by atoms with E-state index in [2.05, 4.69) is 0 Å². The van der Waals surface area contributed by atoms with E-state index in [1.165, 1.54) is 19.1 Å². The van der Waals surface area contributed by atoms with E-state index in [0.717, 1.165) is 5.56 Å². The van der Waals surface area contributed by atoms with Crippen molar-refractivity contribution in [1.82, 2.24) is 4.90 Å². The molecule has 0 radical (unpaired) electrons. The second kappa shape index (κ2) is 4.73. The Morgan fingerprint density at radius 1 is 1.27 bits per heavy atom. The summed E-state index contributed by atoms with van der Waals surface area (Å²) < 4.78 is 12.7. The van der Waals surface area contributed by atoms with Crippen LogP contribution in [-0.4, -0.2) is 24.8 Å². The molecule has 0 aromatic heterocycles. The van der Waals surface area contributed by atoms with Crippen LogP contribution in [0.2, 0.25) is 0 Å². The molecule has 0 heterocycles. The number of allylic oxidation sites excluding steroid dienone is 1. The Morgan fingerprint density at radius 3 is 2.20 bits per heavy atom. The monoisotopic (exact) mass is 207 g/mol. The number of carbonyl (C=O) groups excluding carboxylic acids is 1. The fourth-order valence-electron chi connectivity index (χ4n) is 1.26. The van der Waals surface area contributed by atoms with Gasteiger partial charge in [-0.05, 0) is 24.6 Å². The van der Waals surface area contributed by atoms with Gasteiger partial charge in [0, 0.05) is 25.9 Å². The highest BCUT2D eigenvalue weighted by atomic mass is 19.1. The third-order valence-corrected chi connectivity index (χ3v) is 1.92. The predicted molar refractivity (Wildman–Crippen MR) is 58.7 cm³/mol. The van der Waals surface area contributed by atoms with Crippen LogP contribution in [0.4, 0.5) is 4.39 Å². The molecule has 0 bridgehead atoms. The zero-order valence-corrected chi connectivity index (χ0v) is 9.12. The van der Waals surface area contributed by atoms with Crippen LogP contribution in [0.1, 0.15) is 12.5 Å². The van der Waals surface area contributed by atoms with Gasteiger partial charge < -0.3 is 4.90 Å². The highest BCUT2D eigenvalue weighted by Gasteiger charge is 2.07. The van der Waals surface area contributed by atoms with E-state index in [4.69, 9.17) is 0 Å². The maximum atomic E-state index is 12.7. The first-order chi connectivity index (χ1) is 7.00. The van der Waals surface area contributed by atoms with Gasteiger partial charge in [-0.3, -0.25) is 4.79 Å². The van der Waals surface area contributed by atoms with Crippen LogP contribution >= 0.6 is 0 Å². The number of hydrogen-bond donors (Lipinski definition) is 0. The Labute approximate surface area is 89.0 Å². The molecular weight excluding hydrogens is 193 g/mol. The van der Waals surface area contributed by atoms with Crippen LogP contribution in [0.25, 0.3) is 5.57 Å². The number of nitrogens with zero attached hydrogens (tertiary/aromatic N) is 1. The smallest absolute Gasteiger partial charge is 0.161 e. The molecule has 0 aliphatic rings. The number of rotatable bonds is 3. The number of halogens is 1. The van der Waals surface area contributed by atoms with Gasteiger partial charge in [-0.25, -0.2) is 4.39 Å². The van der Waals surface area contributed by atoms with Crippen molar-refractivity contribution in [1.29, 1.82) is 0 Å². The summed E-state index contributed by atoms with van der Waals surface area (Å²) in [5.41, 5.74) is 1.32. The summed E-state index contributed by atoms with van der Waals surface area (Å²) in [5.74, 6) is -0.332. The van der Waals surface area contributed by atoms with Crippen LogP contribution < -0.4 is 0 Å². The Balaban J connectivity index is 3.11. The van der Waals surface area contributed by atoms with Crippen molar-refractivity contribution in [2.75, 3.05) is 14.1 Å². The minimum absolute atomic E-state index is 0.0321. The average molecular weight is 207 g/mol. The molecule has 15 heavy (non-hydrogen) atoms. The Bertz CT molecular complexity index is 379. The van der Waals surface area contributed by atoms with Gasteiger partial charge in [0.2, 0.25) is 0 Å². The van der Waals surface area contributed by atoms with E-state index in [1.807, 2.05) is 14.1 Å². The van der Waals surface area contributed by atoms with Gasteiger partial charge in [-0.15, -0.1) is 0 Å². The lowest BCUT2D eigenvalue weighted by Gasteiger charge is -2.09. The van der Waals surface area contributed by atoms with Crippen LogP contribution in [-0.2, 0) is 4.79 Å². The molecule has 1 aromatic carbocycles. The standard InChI is InChI=1S/C12H14FNO/c1-9(15)12(8-14(2)3)10-4-6-11(13)7-5-10/h4-8H,1-3H3/b12-8-. The third-order valence-electron chi connectivity index (χ3n) is 1.92. The Morgan fingerprint density at radius 2 is 1.80 bits per heavy atom. The number of carbonyl (C=O) groups is 1. The zero-order valence-electron chi connectivity index (χ0n) is 9.12. The molecule has 0 N–H and O–H groups in total. The summed E-state index contributed by atoms with van der Waals surface area (Å²) >= 11 is 0. The van der Waals surface area contributed by atoms with Gasteiger partial charge in [0.1, 0.15) is 5.82 Å². The molecule has 80 valence electrons. The molecule has 0 saturated heterocycles. The minimum atomic E-state index is -0.300. The highest BCUT2D eigenvalue weighted by molar-refractivity contribution is 6.19. The van der Waals surface area contributed by atoms with Crippen molar-refractivity contribution in [3.63, 3.8) is 0 Å². The van der Waals surface area contributed by atoms with Crippen LogP contribution in [0.15, 0.2) is 30.5 Å². The van der Waals surface area contributed by atoms with E-state index in [0.29, 0.717) is 5.57 Å². The van der Waals surface area contributed by atoms with Gasteiger partial charge in [0.15, 0.2) is 5.78 Å². The second-order valence-electron chi connectivity index (χ2n) is 3.57. The van der Waals surface area contributed by atoms with E-state index in [9.17, 15) is 9.18 Å². The average Bonchev–Trinajstić information content (AvgIpc) is 2.15. The lowest BCUT2D eigenvalue weighted by Crippen LogP contribution is -2.06. The van der Waals surface area contributed by atoms with E-state index >= 15 is 0 Å². The molecule has 0 spiro atoms. The van der Waals surface area contributed by atoms with Crippen LogP contribution in [0.3, 0.4) is 0 Å². The lowest BCUT2D eigenvalue weighted by molar-refractivity contribution is -0.111. The fourth-order valence-corrected chi connectivity index (χ4v) is 1.26. The number of benzene rings is 1. The molecule has 0 aliphatic heterocycles. The summed E-state index contributed by atoms with van der Waals surface area (Å²) in [5, 5.41) is 0. The van der Waals surface area contributed by atoms with Gasteiger partial charge in [0.25, 0.3) is 0 Å². The maximum absolute atomic E-state index is 12.7. The second-order valence-corrected chi connectivity index (χ2v) is 3.57. The number of ketones is 1. The quantitative estimate of drug-likeness (QED) is 0.709. The first-order valence-electron chi connectivity index (χ1n) is 4.66. The van der Waals surface area contributed by atoms with Crippen molar-refractivity contribution < 1.29 is 9.18 Å². The van der Waals surface area contributed by atoms with Gasteiger partial charge in [0.05, 0.1) is 0 Å². The molecule has 3 heteroatoms. The predicted octanol–water partition coefficient (Wildman–Crippen LogP) is 2.32. The SMILES string of the molecule is CC(=O)/C(=C/N(C)C)c1ccc(F)cc1. The van der Waals surface area contributed by atoms with Crippen molar-refractivity contribution in [2.45, 2.75) is 6.92 Å². The maximum Gasteiger partial charge on any atom is 0.161 e. The molecule has 0 unspecified atom stereocenters. The van der Waals surface area contributed by atoms with Crippen molar-refractivity contribution in [3.8, 4) is 0 Å². The Kier molecular flexibility index (Phi) is 3.61. The lowest BCUT2D eigenvalue weighted by atomic mass is 10.0. The minimum Gasteiger partial charge on any atom is -0.383 e. The Hall–Kier alpha value is -1.64. The molecule has 0 atom stereocenters. The molecule has 2 nitrogen and oxygen atoms in total. The highest BCUT2D eigenvalue weighted by Crippen LogP contribution is 2.16. The molecule has 0 aliphatic carbocycles. The van der Waals surface area contributed by atoms with Crippen LogP contribution in [0.5, 0.6) is 0 Å². The topological polar surface area (TPSA) is 20.3 Å². The zero-order chi connectivity index (χ0) is 11.4. The van der Waals surface area contributed by atoms with Gasteiger partial charge in [-0.1, -0.05) is 12.1 Å². The first kappa shape index (κ1) is 11.4. The van der Waals surface area contributed by atoms with Gasteiger partial charge >= 0.3 is 0 Å². The third kappa shape index (κ3) is 3.20. The molecule has 0 fully saturated rings. The fraction of sp³-hybridized carbons (Fsp3) is 0.250. The summed E-state index contributed by atoms with van der Waals surface area (Å²) in [6, 6.07) is 5.90. The van der Waals surface area contributed by atoms with Crippen LogP contribution in [0, 0.1) is 5.82 Å². The van der Waals surface area contributed by atoms with E-state index in [-0.39, 0.29) is 11.6 Å². The largest absolute Gasteiger partial charge is 0.383 e. The summed E-state index contributed by atoms with van der Waals surface area (Å²) in [7, 11) is 3.68. The molecule has 0 saturated carbocycles. The van der Waals surface area contributed by atoms with E-state index < -0.39 is 0 Å². The van der Waals surface area contributed by atoms with Crippen molar-refractivity contribution in [2.24, 2.45) is 0 Å². The molecule has 1 rings (SSSR count). The molecule has 0 amide bonds. The van der Waals surface area contributed by atoms with E-state index in [1.54, 1.807) is 23.2 Å². The summed E-state index contributed by atoms with van der Waals surface area (Å²) in [6.07, 6.45) is 1.73. The summed E-state index contributed by atoms with van der Waals surface area (Å²) in [4.78, 5) is 13.2. The normalized spacial score (nSPS) is 11.3. The number of hydrogen-bond acceptors (Lipinski definition) is 2. The molecule has 1 aromatic rings. The molecular formula is C12H14FNO. The van der Waals surface area contributed by atoms with Crippen molar-refractivity contribution >= 4 is 11.4 Å². The summed E-state index contributed by atoms with van der Waals surface area (Å²) in [6.45, 7) is 1.50. The van der Waals surface area contributed by atoms with Crippen molar-refractivity contribution in [3.05, 3.63) is 41.8 Å².